The summed E-state index contributed by atoms with van der Waals surface area (Å²) < 4.78 is 20.3. The number of nitrogens with zero attached hydrogens (tertiary/aromatic N) is 2. The molecule has 0 aliphatic carbocycles. The highest BCUT2D eigenvalue weighted by atomic mass is 35.5. The van der Waals surface area contributed by atoms with Crippen molar-refractivity contribution in [2.45, 2.75) is 5.16 Å². The van der Waals surface area contributed by atoms with Crippen molar-refractivity contribution in [3.8, 4) is 0 Å². The predicted octanol–water partition coefficient (Wildman–Crippen LogP) is 0.368. The minimum atomic E-state index is -2.37. The van der Waals surface area contributed by atoms with Gasteiger partial charge >= 0.3 is 0 Å². The minimum Gasteiger partial charge on any atom is -0.766 e. The van der Waals surface area contributed by atoms with Crippen LogP contribution in [0.25, 0.3) is 0 Å². The van der Waals surface area contributed by atoms with Gasteiger partial charge in [-0.15, -0.1) is 0 Å². The van der Waals surface area contributed by atoms with Crippen LogP contribution in [-0.4, -0.2) is 18.7 Å². The Hall–Kier alpha value is -0.520. The first-order valence-electron chi connectivity index (χ1n) is 2.27. The van der Waals surface area contributed by atoms with Crippen LogP contribution >= 0.6 is 11.6 Å². The average molecular weight is 178 g/mol. The molecule has 0 fully saturated rings. The van der Waals surface area contributed by atoms with Crippen LogP contribution in [0, 0.1) is 0 Å². The van der Waals surface area contributed by atoms with E-state index in [9.17, 15) is 8.76 Å². The fraction of sp³-hybridized carbons (Fsp3) is 0. The van der Waals surface area contributed by atoms with E-state index in [1.54, 1.807) is 0 Å². The van der Waals surface area contributed by atoms with E-state index in [1.165, 1.54) is 12.4 Å². The van der Waals surface area contributed by atoms with Crippen LogP contribution in [0.1, 0.15) is 0 Å². The van der Waals surface area contributed by atoms with Gasteiger partial charge in [0, 0.05) is 11.1 Å². The molecule has 0 bridgehead atoms. The van der Waals surface area contributed by atoms with Crippen molar-refractivity contribution in [2.24, 2.45) is 0 Å². The summed E-state index contributed by atoms with van der Waals surface area (Å²) in [6, 6.07) is 0. The standard InChI is InChI=1S/C4H3ClN2O2S/c5-3-1-6-4(7-2-3)10(8)9/h1-2H,(H,8,9)/p-1. The predicted molar refractivity (Wildman–Crippen MR) is 34.2 cm³/mol. The van der Waals surface area contributed by atoms with Crippen molar-refractivity contribution in [1.29, 1.82) is 0 Å². The van der Waals surface area contributed by atoms with Crippen LogP contribution in [0.3, 0.4) is 0 Å². The summed E-state index contributed by atoms with van der Waals surface area (Å²) in [5.74, 6) is 0. The SMILES string of the molecule is O=S([O-])c1ncc(Cl)cn1. The van der Waals surface area contributed by atoms with Gasteiger partial charge in [-0.05, 0) is 0 Å². The molecule has 0 saturated heterocycles. The number of aromatic nitrogens is 2. The molecule has 0 amide bonds. The van der Waals surface area contributed by atoms with Crippen molar-refractivity contribution in [3.05, 3.63) is 17.4 Å². The molecular formula is C4H2ClN2O2S-. The summed E-state index contributed by atoms with van der Waals surface area (Å²) in [6.45, 7) is 0. The molecule has 1 aromatic heterocycles. The van der Waals surface area contributed by atoms with Gasteiger partial charge < -0.3 is 4.55 Å². The molecule has 0 aliphatic heterocycles. The van der Waals surface area contributed by atoms with Crippen molar-refractivity contribution in [1.82, 2.24) is 9.97 Å². The maximum Gasteiger partial charge on any atom is 0.204 e. The quantitative estimate of drug-likeness (QED) is 0.459. The van der Waals surface area contributed by atoms with Gasteiger partial charge in [-0.1, -0.05) is 11.6 Å². The zero-order valence-electron chi connectivity index (χ0n) is 4.65. The normalized spacial score (nSPS) is 13.0. The molecule has 1 atom stereocenters. The molecule has 6 heteroatoms. The molecule has 1 aromatic rings. The highest BCUT2D eigenvalue weighted by molar-refractivity contribution is 7.78. The van der Waals surface area contributed by atoms with E-state index in [4.69, 9.17) is 11.6 Å². The molecular weight excluding hydrogens is 176 g/mol. The smallest absolute Gasteiger partial charge is 0.204 e. The monoisotopic (exact) mass is 177 g/mol. The third-order valence-electron chi connectivity index (χ3n) is 0.746. The zero-order valence-corrected chi connectivity index (χ0v) is 6.22. The molecule has 54 valence electrons. The Morgan fingerprint density at radius 3 is 2.40 bits per heavy atom. The highest BCUT2D eigenvalue weighted by Gasteiger charge is 1.93. The average Bonchev–Trinajstić information content (AvgIpc) is 1.88. The van der Waals surface area contributed by atoms with Gasteiger partial charge in [0.05, 0.1) is 17.4 Å². The zero-order chi connectivity index (χ0) is 7.56. The summed E-state index contributed by atoms with van der Waals surface area (Å²) in [4.78, 5) is 6.84. The van der Waals surface area contributed by atoms with E-state index in [-0.39, 0.29) is 5.16 Å². The van der Waals surface area contributed by atoms with Crippen molar-refractivity contribution in [2.75, 3.05) is 0 Å². The number of hydrogen-bond acceptors (Lipinski definition) is 4. The summed E-state index contributed by atoms with van der Waals surface area (Å²) in [7, 11) is 0. The van der Waals surface area contributed by atoms with Gasteiger partial charge in [-0.2, -0.15) is 0 Å². The molecule has 10 heavy (non-hydrogen) atoms. The second kappa shape index (κ2) is 3.05. The van der Waals surface area contributed by atoms with Crippen LogP contribution < -0.4 is 0 Å². The number of rotatable bonds is 1. The van der Waals surface area contributed by atoms with Crippen molar-refractivity contribution < 1.29 is 8.76 Å². The van der Waals surface area contributed by atoms with E-state index in [2.05, 4.69) is 9.97 Å². The highest BCUT2D eigenvalue weighted by Crippen LogP contribution is 2.03. The number of halogens is 1. The second-order valence-electron chi connectivity index (χ2n) is 1.42. The first-order chi connectivity index (χ1) is 4.70. The second-order valence-corrected chi connectivity index (χ2v) is 2.69. The first kappa shape index (κ1) is 7.59. The van der Waals surface area contributed by atoms with E-state index in [0.29, 0.717) is 5.02 Å². The third-order valence-corrected chi connectivity index (χ3v) is 1.45. The fourth-order valence-corrected chi connectivity index (χ4v) is 0.762. The van der Waals surface area contributed by atoms with E-state index in [1.807, 2.05) is 0 Å². The molecule has 0 aromatic carbocycles. The maximum atomic E-state index is 10.1. The molecule has 0 radical (unpaired) electrons. The Morgan fingerprint density at radius 1 is 1.50 bits per heavy atom. The van der Waals surface area contributed by atoms with Gasteiger partial charge in [-0.25, -0.2) is 9.97 Å². The van der Waals surface area contributed by atoms with Gasteiger partial charge in [-0.3, -0.25) is 4.21 Å². The fourth-order valence-electron chi connectivity index (χ4n) is 0.387. The van der Waals surface area contributed by atoms with E-state index >= 15 is 0 Å². The minimum absolute atomic E-state index is 0.246. The Balaban J connectivity index is 3.00. The van der Waals surface area contributed by atoms with Gasteiger partial charge in [0.1, 0.15) is 0 Å². The summed E-state index contributed by atoms with van der Waals surface area (Å²) in [5.41, 5.74) is 0. The molecule has 4 nitrogen and oxygen atoms in total. The van der Waals surface area contributed by atoms with E-state index < -0.39 is 11.1 Å². The summed E-state index contributed by atoms with van der Waals surface area (Å²) in [5, 5.41) is 0.0681. The van der Waals surface area contributed by atoms with Crippen molar-refractivity contribution >= 4 is 22.7 Å². The van der Waals surface area contributed by atoms with E-state index in [0.717, 1.165) is 0 Å². The summed E-state index contributed by atoms with van der Waals surface area (Å²) in [6.07, 6.45) is 2.44. The Bertz CT molecular complexity index is 250. The lowest BCUT2D eigenvalue weighted by Gasteiger charge is -2.00. The Morgan fingerprint density at radius 2 is 2.00 bits per heavy atom. The van der Waals surface area contributed by atoms with Crippen molar-refractivity contribution in [3.63, 3.8) is 0 Å². The summed E-state index contributed by atoms with van der Waals surface area (Å²) >= 11 is 3.02. The molecule has 1 heterocycles. The van der Waals surface area contributed by atoms with Gasteiger partial charge in [0.25, 0.3) is 0 Å². The van der Waals surface area contributed by atoms with Gasteiger partial charge in [0.2, 0.25) is 5.16 Å². The third kappa shape index (κ3) is 1.73. The largest absolute Gasteiger partial charge is 0.766 e. The van der Waals surface area contributed by atoms with Crippen LogP contribution in [0.4, 0.5) is 0 Å². The first-order valence-corrected chi connectivity index (χ1v) is 3.72. The molecule has 0 N–H and O–H groups in total. The van der Waals surface area contributed by atoms with Crippen LogP contribution in [0.5, 0.6) is 0 Å². The molecule has 1 rings (SSSR count). The lowest BCUT2D eigenvalue weighted by atomic mass is 10.7. The molecule has 0 spiro atoms. The lowest BCUT2D eigenvalue weighted by Crippen LogP contribution is -1.95. The topological polar surface area (TPSA) is 65.9 Å². The maximum absolute atomic E-state index is 10.1. The molecule has 1 unspecified atom stereocenters. The Kier molecular flexibility index (Phi) is 2.31. The lowest BCUT2D eigenvalue weighted by molar-refractivity contribution is 0.528. The van der Waals surface area contributed by atoms with Crippen LogP contribution in [0.2, 0.25) is 5.02 Å². The number of hydrogen-bond donors (Lipinski definition) is 0. The van der Waals surface area contributed by atoms with Crippen LogP contribution in [0.15, 0.2) is 17.6 Å². The van der Waals surface area contributed by atoms with Gasteiger partial charge in [0.15, 0.2) is 0 Å². The molecule has 0 saturated carbocycles. The molecule has 0 aliphatic rings. The van der Waals surface area contributed by atoms with Crippen LogP contribution in [-0.2, 0) is 11.1 Å². The Labute approximate surface area is 64.6 Å².